The van der Waals surface area contributed by atoms with Gasteiger partial charge in [0.15, 0.2) is 5.82 Å². The predicted molar refractivity (Wildman–Crippen MR) is 123 cm³/mol. The summed E-state index contributed by atoms with van der Waals surface area (Å²) in [6.07, 6.45) is 7.97. The summed E-state index contributed by atoms with van der Waals surface area (Å²) in [4.78, 5) is 53.7. The lowest BCUT2D eigenvalue weighted by atomic mass is 10.1. The highest BCUT2D eigenvalue weighted by atomic mass is 16.5. The predicted octanol–water partition coefficient (Wildman–Crippen LogP) is 1.92. The van der Waals surface area contributed by atoms with Gasteiger partial charge in [-0.1, -0.05) is 18.2 Å². The Hall–Kier alpha value is -4.47. The molecule has 0 bridgehead atoms. The highest BCUT2D eigenvalue weighted by Gasteiger charge is 2.31. The van der Waals surface area contributed by atoms with Crippen LogP contribution in [0.1, 0.15) is 20.7 Å². The average molecular weight is 458 g/mol. The molecule has 0 saturated carbocycles. The number of benzene rings is 1. The molecule has 1 aromatic carbocycles. The molecule has 1 aliphatic heterocycles. The van der Waals surface area contributed by atoms with E-state index in [4.69, 9.17) is 4.74 Å². The van der Waals surface area contributed by atoms with Crippen LogP contribution in [0.15, 0.2) is 61.4 Å². The Balaban J connectivity index is 1.36. The second-order valence-electron chi connectivity index (χ2n) is 7.85. The smallest absolute Gasteiger partial charge is 0.295 e. The van der Waals surface area contributed by atoms with Gasteiger partial charge in [0, 0.05) is 50.3 Å². The molecule has 1 aliphatic rings. The van der Waals surface area contributed by atoms with Gasteiger partial charge in [0.25, 0.3) is 17.6 Å². The Labute approximate surface area is 194 Å². The number of rotatable bonds is 5. The summed E-state index contributed by atoms with van der Waals surface area (Å²) >= 11 is 0. The summed E-state index contributed by atoms with van der Waals surface area (Å²) in [5.74, 6) is -0.423. The number of hydrogen-bond acceptors (Lipinski definition) is 6. The van der Waals surface area contributed by atoms with Gasteiger partial charge in [-0.05, 0) is 12.1 Å². The number of Topliss-reactive ketones (excluding diaryl/α,β-unsaturated/α-hetero) is 1. The van der Waals surface area contributed by atoms with Gasteiger partial charge in [-0.2, -0.15) is 0 Å². The molecule has 4 aromatic rings. The summed E-state index contributed by atoms with van der Waals surface area (Å²) in [7, 11) is 1.49. The minimum Gasteiger partial charge on any atom is -0.494 e. The topological polar surface area (TPSA) is 113 Å². The van der Waals surface area contributed by atoms with Gasteiger partial charge in [0.1, 0.15) is 12.1 Å². The molecule has 1 fully saturated rings. The van der Waals surface area contributed by atoms with Gasteiger partial charge in [0.05, 0.1) is 29.8 Å². The van der Waals surface area contributed by atoms with Crippen molar-refractivity contribution in [3.05, 3.63) is 72.6 Å². The first kappa shape index (κ1) is 21.4. The number of piperazine rings is 1. The Bertz CT molecular complexity index is 1360. The molecule has 1 N–H and O–H groups in total. The number of aromatic amines is 1. The largest absolute Gasteiger partial charge is 0.494 e. The van der Waals surface area contributed by atoms with Gasteiger partial charge in [-0.3, -0.25) is 19.0 Å². The van der Waals surface area contributed by atoms with Crippen LogP contribution in [-0.2, 0) is 4.79 Å². The van der Waals surface area contributed by atoms with Gasteiger partial charge in [0.2, 0.25) is 0 Å². The minimum atomic E-state index is -0.643. The molecule has 1 saturated heterocycles. The first-order chi connectivity index (χ1) is 16.6. The number of carbonyl (C=O) groups is 3. The van der Waals surface area contributed by atoms with Gasteiger partial charge in [-0.25, -0.2) is 9.97 Å². The summed E-state index contributed by atoms with van der Waals surface area (Å²) in [6, 6.07) is 9.01. The second kappa shape index (κ2) is 8.81. The summed E-state index contributed by atoms with van der Waals surface area (Å²) in [5.41, 5.74) is 1.38. The van der Waals surface area contributed by atoms with Crippen LogP contribution in [0.25, 0.3) is 16.7 Å². The number of ether oxygens (including phenoxy) is 1. The van der Waals surface area contributed by atoms with E-state index >= 15 is 0 Å². The number of methoxy groups -OCH3 is 1. The number of pyridine rings is 1. The molecule has 0 unspecified atom stereocenters. The van der Waals surface area contributed by atoms with E-state index in [1.165, 1.54) is 24.4 Å². The van der Waals surface area contributed by atoms with Crippen molar-refractivity contribution >= 4 is 28.5 Å². The van der Waals surface area contributed by atoms with Crippen molar-refractivity contribution in [1.82, 2.24) is 29.3 Å². The fraction of sp³-hybridized carbons (Fsp3) is 0.208. The monoisotopic (exact) mass is 458 g/mol. The van der Waals surface area contributed by atoms with E-state index in [-0.39, 0.29) is 24.6 Å². The third kappa shape index (κ3) is 3.68. The molecule has 0 atom stereocenters. The third-order valence-electron chi connectivity index (χ3n) is 5.94. The van der Waals surface area contributed by atoms with Crippen LogP contribution >= 0.6 is 0 Å². The van der Waals surface area contributed by atoms with Crippen molar-refractivity contribution in [3.63, 3.8) is 0 Å². The lowest BCUT2D eigenvalue weighted by Crippen LogP contribution is -2.52. The number of ketones is 1. The maximum absolute atomic E-state index is 13.2. The zero-order chi connectivity index (χ0) is 23.7. The molecule has 0 aliphatic carbocycles. The Morgan fingerprint density at radius 1 is 1.03 bits per heavy atom. The van der Waals surface area contributed by atoms with Crippen molar-refractivity contribution in [3.8, 4) is 11.6 Å². The number of amides is 2. The molecular formula is C24H22N6O4. The van der Waals surface area contributed by atoms with Gasteiger partial charge < -0.3 is 19.5 Å². The number of fused-ring (bicyclic) bond motifs is 1. The number of carbonyl (C=O) groups excluding carboxylic acids is 3. The molecule has 0 spiro atoms. The number of imidazole rings is 1. The lowest BCUT2D eigenvalue weighted by Gasteiger charge is -2.34. The lowest BCUT2D eigenvalue weighted by molar-refractivity contribution is -0.127. The fourth-order valence-corrected chi connectivity index (χ4v) is 4.15. The van der Waals surface area contributed by atoms with Crippen LogP contribution in [0.3, 0.4) is 0 Å². The molecule has 10 nitrogen and oxygen atoms in total. The van der Waals surface area contributed by atoms with E-state index in [2.05, 4.69) is 15.0 Å². The van der Waals surface area contributed by atoms with Gasteiger partial charge >= 0.3 is 0 Å². The molecular weight excluding hydrogens is 436 g/mol. The Morgan fingerprint density at radius 2 is 1.76 bits per heavy atom. The second-order valence-corrected chi connectivity index (χ2v) is 7.85. The highest BCUT2D eigenvalue weighted by Crippen LogP contribution is 2.32. The first-order valence-electron chi connectivity index (χ1n) is 10.8. The molecule has 4 heterocycles. The van der Waals surface area contributed by atoms with Crippen LogP contribution in [0.5, 0.6) is 5.75 Å². The maximum atomic E-state index is 13.2. The van der Waals surface area contributed by atoms with E-state index in [1.54, 1.807) is 40.3 Å². The summed E-state index contributed by atoms with van der Waals surface area (Å²) < 4.78 is 7.13. The first-order valence-corrected chi connectivity index (χ1v) is 10.8. The molecule has 5 rings (SSSR count). The fourth-order valence-electron chi connectivity index (χ4n) is 4.15. The molecule has 172 valence electrons. The van der Waals surface area contributed by atoms with E-state index < -0.39 is 11.7 Å². The summed E-state index contributed by atoms with van der Waals surface area (Å²) in [6.45, 7) is 1.28. The number of nitrogens with zero attached hydrogens (tertiary/aromatic N) is 5. The van der Waals surface area contributed by atoms with Crippen LogP contribution < -0.4 is 4.74 Å². The van der Waals surface area contributed by atoms with E-state index in [0.29, 0.717) is 41.1 Å². The Morgan fingerprint density at radius 3 is 2.44 bits per heavy atom. The molecule has 2 amide bonds. The average Bonchev–Trinajstić information content (AvgIpc) is 3.58. The van der Waals surface area contributed by atoms with Gasteiger partial charge in [-0.15, -0.1) is 0 Å². The van der Waals surface area contributed by atoms with E-state index in [9.17, 15) is 14.4 Å². The van der Waals surface area contributed by atoms with Crippen molar-refractivity contribution in [2.75, 3.05) is 33.3 Å². The zero-order valence-electron chi connectivity index (χ0n) is 18.5. The normalized spacial score (nSPS) is 13.8. The van der Waals surface area contributed by atoms with Crippen LogP contribution in [0, 0.1) is 0 Å². The molecule has 0 radical (unpaired) electrons. The van der Waals surface area contributed by atoms with Crippen LogP contribution in [0.4, 0.5) is 0 Å². The van der Waals surface area contributed by atoms with Crippen LogP contribution in [0.2, 0.25) is 0 Å². The molecule has 34 heavy (non-hydrogen) atoms. The van der Waals surface area contributed by atoms with Crippen molar-refractivity contribution < 1.29 is 19.1 Å². The van der Waals surface area contributed by atoms with E-state index in [1.807, 2.05) is 18.2 Å². The minimum absolute atomic E-state index is 0.0834. The number of nitrogens with one attached hydrogen (secondary N) is 1. The zero-order valence-corrected chi connectivity index (χ0v) is 18.5. The third-order valence-corrected chi connectivity index (χ3v) is 5.94. The number of aromatic nitrogens is 4. The molecule has 10 heteroatoms. The Kier molecular flexibility index (Phi) is 5.54. The summed E-state index contributed by atoms with van der Waals surface area (Å²) in [5, 5.41) is 0.484. The van der Waals surface area contributed by atoms with Crippen molar-refractivity contribution in [1.29, 1.82) is 0 Å². The SMILES string of the molecule is COc1cnc(-n2ccnc2)c2[nH]cc(C(=O)C(=O)N3CCN(C(=O)c4ccccc4)CC3)c12. The maximum Gasteiger partial charge on any atom is 0.295 e. The van der Waals surface area contributed by atoms with E-state index in [0.717, 1.165) is 0 Å². The standard InChI is InChI=1S/C24H22N6O4/c1-34-18-14-27-22(30-8-7-25-15-30)20-19(18)17(13-26-20)21(31)24(33)29-11-9-28(10-12-29)23(32)16-5-3-2-4-6-16/h2-8,13-15,26H,9-12H2,1H3. The van der Waals surface area contributed by atoms with Crippen LogP contribution in [-0.4, -0.2) is 80.2 Å². The number of H-pyrrole nitrogens is 1. The van der Waals surface area contributed by atoms with Crippen molar-refractivity contribution in [2.45, 2.75) is 0 Å². The highest BCUT2D eigenvalue weighted by molar-refractivity contribution is 6.45. The quantitative estimate of drug-likeness (QED) is 0.361. The molecule has 3 aromatic heterocycles. The van der Waals surface area contributed by atoms with Crippen molar-refractivity contribution in [2.24, 2.45) is 0 Å². The number of hydrogen-bond donors (Lipinski definition) is 1.